The van der Waals surface area contributed by atoms with E-state index in [0.29, 0.717) is 0 Å². The lowest BCUT2D eigenvalue weighted by atomic mass is 9.84. The van der Waals surface area contributed by atoms with Gasteiger partial charge in [-0.2, -0.15) is 0 Å². The van der Waals surface area contributed by atoms with Crippen LogP contribution in [0, 0.1) is 0 Å². The average molecular weight is 485 g/mol. The predicted molar refractivity (Wildman–Crippen MR) is 108 cm³/mol. The van der Waals surface area contributed by atoms with Gasteiger partial charge in [-0.15, -0.1) is 0 Å². The van der Waals surface area contributed by atoms with Crippen molar-refractivity contribution in [2.75, 3.05) is 13.2 Å². The van der Waals surface area contributed by atoms with Crippen LogP contribution in [0.5, 0.6) is 0 Å². The van der Waals surface area contributed by atoms with Crippen LogP contribution in [-0.4, -0.2) is 141 Å². The summed E-state index contributed by atoms with van der Waals surface area (Å²) in [6.07, 6.45) is -14.5. The van der Waals surface area contributed by atoms with Crippen molar-refractivity contribution in [3.05, 3.63) is 0 Å². The van der Waals surface area contributed by atoms with Gasteiger partial charge in [-0.3, -0.25) is 0 Å². The second-order valence-corrected chi connectivity index (χ2v) is 8.82. The Morgan fingerprint density at radius 3 is 1.64 bits per heavy atom. The summed E-state index contributed by atoms with van der Waals surface area (Å²) in [5, 5.41) is 70.1. The molecule has 2 heterocycles. The molecule has 0 radical (unpaired) electrons. The molecule has 3 aliphatic rings. The van der Waals surface area contributed by atoms with Crippen molar-refractivity contribution in [3.63, 3.8) is 0 Å². The zero-order valence-corrected chi connectivity index (χ0v) is 17.9. The number of nitrogens with two attached hydrogens (primary N) is 4. The van der Waals surface area contributed by atoms with E-state index in [-0.39, 0.29) is 6.42 Å². The zero-order valence-electron chi connectivity index (χ0n) is 17.9. The van der Waals surface area contributed by atoms with E-state index in [4.69, 9.17) is 41.9 Å². The van der Waals surface area contributed by atoms with Crippen molar-refractivity contribution < 1.29 is 54.7 Å². The molecule has 15 atom stereocenters. The molecule has 1 aliphatic carbocycles. The van der Waals surface area contributed by atoms with Crippen molar-refractivity contribution in [2.45, 2.75) is 98.1 Å². The standard InChI is InChI=1S/C18H36N4O11/c19-4-1-5(20)16(33-18-13(28)8(21)10(25)6(2-23)31-18)14(29)15(4)32-17-9(22)12(27)11(26)7(3-24)30-17/h4-18,23-29H,1-3,19-22H2/t4-,5+,6+,7+,8-,9+,10+,11+,12+,13+,14-,15+,16-,17+,18+/m0/s1. The highest BCUT2D eigenvalue weighted by Gasteiger charge is 2.51. The summed E-state index contributed by atoms with van der Waals surface area (Å²) >= 11 is 0. The summed E-state index contributed by atoms with van der Waals surface area (Å²) in [7, 11) is 0. The lowest BCUT2D eigenvalue weighted by molar-refractivity contribution is -0.320. The highest BCUT2D eigenvalue weighted by atomic mass is 16.7. The largest absolute Gasteiger partial charge is 0.394 e. The van der Waals surface area contributed by atoms with Gasteiger partial charge in [0.1, 0.15) is 54.9 Å². The van der Waals surface area contributed by atoms with Crippen LogP contribution in [0.2, 0.25) is 0 Å². The number of rotatable bonds is 6. The van der Waals surface area contributed by atoms with Crippen molar-refractivity contribution in [3.8, 4) is 0 Å². The smallest absolute Gasteiger partial charge is 0.186 e. The normalized spacial score (nSPS) is 53.7. The molecule has 15 nitrogen and oxygen atoms in total. The molecular formula is C18H36N4O11. The summed E-state index contributed by atoms with van der Waals surface area (Å²) in [6.45, 7) is -1.20. The van der Waals surface area contributed by atoms with E-state index in [2.05, 4.69) is 0 Å². The molecule has 0 bridgehead atoms. The minimum atomic E-state index is -1.49. The van der Waals surface area contributed by atoms with Gasteiger partial charge < -0.3 is 77.6 Å². The predicted octanol–water partition coefficient (Wildman–Crippen LogP) is -7.29. The van der Waals surface area contributed by atoms with Crippen molar-refractivity contribution in [2.24, 2.45) is 22.9 Å². The van der Waals surface area contributed by atoms with Crippen molar-refractivity contribution in [1.29, 1.82) is 0 Å². The van der Waals surface area contributed by atoms with Crippen LogP contribution in [-0.2, 0) is 18.9 Å². The van der Waals surface area contributed by atoms with Gasteiger partial charge in [0.05, 0.1) is 25.3 Å². The molecule has 0 spiro atoms. The van der Waals surface area contributed by atoms with Gasteiger partial charge in [-0.05, 0) is 6.42 Å². The van der Waals surface area contributed by atoms with Gasteiger partial charge >= 0.3 is 0 Å². The number of hydrogen-bond acceptors (Lipinski definition) is 15. The Bertz CT molecular complexity index is 584. The molecule has 3 fully saturated rings. The summed E-state index contributed by atoms with van der Waals surface area (Å²) in [5.74, 6) is 0. The number of aliphatic hydroxyl groups excluding tert-OH is 7. The summed E-state index contributed by atoms with van der Waals surface area (Å²) in [4.78, 5) is 0. The second-order valence-electron chi connectivity index (χ2n) is 8.82. The monoisotopic (exact) mass is 484 g/mol. The fourth-order valence-corrected chi connectivity index (χ4v) is 4.40. The van der Waals surface area contributed by atoms with Gasteiger partial charge in [0.25, 0.3) is 0 Å². The molecule has 1 saturated carbocycles. The highest BCUT2D eigenvalue weighted by Crippen LogP contribution is 2.30. The maximum atomic E-state index is 11.0. The Hall–Kier alpha value is -0.600. The minimum absolute atomic E-state index is 0.101. The zero-order chi connectivity index (χ0) is 24.6. The lowest BCUT2D eigenvalue weighted by Crippen LogP contribution is -2.69. The third-order valence-corrected chi connectivity index (χ3v) is 6.51. The maximum Gasteiger partial charge on any atom is 0.186 e. The Labute approximate surface area is 189 Å². The number of ether oxygens (including phenoxy) is 4. The summed E-state index contributed by atoms with van der Waals surface area (Å²) in [6, 6.07) is -4.04. The first-order valence-corrected chi connectivity index (χ1v) is 10.8. The topological polar surface area (TPSA) is 283 Å². The first kappa shape index (κ1) is 27.0. The van der Waals surface area contributed by atoms with Crippen LogP contribution in [0.25, 0.3) is 0 Å². The Kier molecular flexibility index (Phi) is 8.99. The van der Waals surface area contributed by atoms with Crippen LogP contribution in [0.3, 0.4) is 0 Å². The fourth-order valence-electron chi connectivity index (χ4n) is 4.40. The third-order valence-electron chi connectivity index (χ3n) is 6.51. The molecule has 33 heavy (non-hydrogen) atoms. The molecule has 0 aromatic carbocycles. The van der Waals surface area contributed by atoms with Crippen LogP contribution >= 0.6 is 0 Å². The van der Waals surface area contributed by atoms with Crippen LogP contribution < -0.4 is 22.9 Å². The highest BCUT2D eigenvalue weighted by molar-refractivity contribution is 5.01. The van der Waals surface area contributed by atoms with Crippen LogP contribution in [0.15, 0.2) is 0 Å². The molecule has 0 aromatic heterocycles. The van der Waals surface area contributed by atoms with Gasteiger partial charge in [0.15, 0.2) is 12.6 Å². The van der Waals surface area contributed by atoms with Crippen LogP contribution in [0.4, 0.5) is 0 Å². The quantitative estimate of drug-likeness (QED) is 0.167. The average Bonchev–Trinajstić information content (AvgIpc) is 2.79. The van der Waals surface area contributed by atoms with Gasteiger partial charge in [-0.1, -0.05) is 0 Å². The lowest BCUT2D eigenvalue weighted by Gasteiger charge is -2.48. The third kappa shape index (κ3) is 5.32. The first-order valence-electron chi connectivity index (χ1n) is 10.8. The van der Waals surface area contributed by atoms with Crippen molar-refractivity contribution in [1.82, 2.24) is 0 Å². The maximum absolute atomic E-state index is 11.0. The molecule has 0 aromatic rings. The molecule has 15 heteroatoms. The minimum Gasteiger partial charge on any atom is -0.394 e. The van der Waals surface area contributed by atoms with Gasteiger partial charge in [0.2, 0.25) is 0 Å². The van der Waals surface area contributed by atoms with E-state index in [1.807, 2.05) is 0 Å². The molecule has 0 unspecified atom stereocenters. The van der Waals surface area contributed by atoms with E-state index in [1.165, 1.54) is 0 Å². The summed E-state index contributed by atoms with van der Waals surface area (Å²) in [5.41, 5.74) is 23.9. The Balaban J connectivity index is 1.72. The molecule has 0 amide bonds. The Morgan fingerprint density at radius 1 is 0.606 bits per heavy atom. The van der Waals surface area contributed by atoms with Crippen molar-refractivity contribution >= 4 is 0 Å². The summed E-state index contributed by atoms with van der Waals surface area (Å²) < 4.78 is 22.3. The molecule has 3 rings (SSSR count). The van der Waals surface area contributed by atoms with E-state index >= 15 is 0 Å². The Morgan fingerprint density at radius 2 is 1.09 bits per heavy atom. The molecule has 15 N–H and O–H groups in total. The van der Waals surface area contributed by atoms with E-state index in [1.54, 1.807) is 0 Å². The molecular weight excluding hydrogens is 448 g/mol. The SMILES string of the molecule is N[C@@H]1[C@@H](O)[C@@H](O[C@@H]2[C@@H](O)[C@H](O[C@H]3O[C@H](CO)[C@@H](O)[C@H](O)[C@H]3N)[C@@H](N)C[C@H]2N)O[C@H](CO)[C@H]1O. The first-order chi connectivity index (χ1) is 15.5. The van der Waals surface area contributed by atoms with E-state index in [0.717, 1.165) is 0 Å². The molecule has 194 valence electrons. The van der Waals surface area contributed by atoms with E-state index in [9.17, 15) is 35.7 Å². The van der Waals surface area contributed by atoms with Gasteiger partial charge in [-0.25, -0.2) is 0 Å². The second kappa shape index (κ2) is 11.0. The molecule has 2 saturated heterocycles. The van der Waals surface area contributed by atoms with Gasteiger partial charge in [0, 0.05) is 12.1 Å². The molecule has 2 aliphatic heterocycles. The number of hydrogen-bond donors (Lipinski definition) is 11. The van der Waals surface area contributed by atoms with E-state index < -0.39 is 105 Å². The number of aliphatic hydroxyl groups is 7. The van der Waals surface area contributed by atoms with Crippen LogP contribution in [0.1, 0.15) is 6.42 Å². The fraction of sp³-hybridized carbons (Fsp3) is 1.00.